The van der Waals surface area contributed by atoms with Gasteiger partial charge in [0.1, 0.15) is 5.52 Å². The van der Waals surface area contributed by atoms with Crippen LogP contribution < -0.4 is 4.90 Å². The summed E-state index contributed by atoms with van der Waals surface area (Å²) in [6.07, 6.45) is 9.92. The highest BCUT2D eigenvalue weighted by Gasteiger charge is 2.30. The summed E-state index contributed by atoms with van der Waals surface area (Å²) < 4.78 is 0.954. The summed E-state index contributed by atoms with van der Waals surface area (Å²) in [5, 5.41) is 0. The minimum Gasteiger partial charge on any atom is -0.362 e. The van der Waals surface area contributed by atoms with Crippen molar-refractivity contribution in [3.8, 4) is 0 Å². The zero-order chi connectivity index (χ0) is 14.9. The molecule has 0 spiro atoms. The molecule has 3 aromatic heterocycles. The molecular formula is C17H15BrN4. The third kappa shape index (κ3) is 2.68. The Hall–Kier alpha value is -2.01. The number of nitrogens with zero attached hydrogens (tertiary/aromatic N) is 4. The molecule has 0 N–H and O–H groups in total. The van der Waals surface area contributed by atoms with E-state index in [0.717, 1.165) is 27.7 Å². The first-order valence-corrected chi connectivity index (χ1v) is 8.16. The molecule has 1 aliphatic carbocycles. The van der Waals surface area contributed by atoms with Gasteiger partial charge in [-0.2, -0.15) is 0 Å². The summed E-state index contributed by atoms with van der Waals surface area (Å²) in [4.78, 5) is 15.7. The molecule has 0 unspecified atom stereocenters. The van der Waals surface area contributed by atoms with E-state index in [1.807, 2.05) is 36.9 Å². The molecule has 0 aliphatic heterocycles. The van der Waals surface area contributed by atoms with E-state index in [1.165, 1.54) is 18.4 Å². The van der Waals surface area contributed by atoms with Crippen molar-refractivity contribution < 1.29 is 0 Å². The molecule has 3 aromatic rings. The highest BCUT2D eigenvalue weighted by molar-refractivity contribution is 9.10. The molecule has 3 heterocycles. The summed E-state index contributed by atoms with van der Waals surface area (Å²) in [6.45, 7) is 0.857. The SMILES string of the molecule is Brc1cnc2c(N(Cc3cccnc3)C3CC3)ccnc2c1. The maximum absolute atomic E-state index is 4.59. The molecule has 0 aromatic carbocycles. The molecule has 4 nitrogen and oxygen atoms in total. The van der Waals surface area contributed by atoms with Crippen LogP contribution in [0.15, 0.2) is 53.5 Å². The number of hydrogen-bond acceptors (Lipinski definition) is 4. The van der Waals surface area contributed by atoms with Crippen molar-refractivity contribution in [3.05, 3.63) is 59.1 Å². The van der Waals surface area contributed by atoms with Crippen molar-refractivity contribution >= 4 is 32.7 Å². The van der Waals surface area contributed by atoms with Gasteiger partial charge in [0.05, 0.1) is 11.2 Å². The lowest BCUT2D eigenvalue weighted by molar-refractivity contribution is 0.793. The van der Waals surface area contributed by atoms with Crippen molar-refractivity contribution in [3.63, 3.8) is 0 Å². The minimum atomic E-state index is 0.594. The van der Waals surface area contributed by atoms with Crippen molar-refractivity contribution in [1.82, 2.24) is 15.0 Å². The second-order valence-corrected chi connectivity index (χ2v) is 6.49. The molecule has 0 bridgehead atoms. The Bertz CT molecular complexity index is 802. The van der Waals surface area contributed by atoms with Crippen molar-refractivity contribution in [2.75, 3.05) is 4.90 Å². The predicted octanol–water partition coefficient (Wildman–Crippen LogP) is 3.96. The largest absolute Gasteiger partial charge is 0.362 e. The van der Waals surface area contributed by atoms with Gasteiger partial charge in [-0.05, 0) is 52.5 Å². The Morgan fingerprint density at radius 3 is 2.82 bits per heavy atom. The first kappa shape index (κ1) is 13.6. The van der Waals surface area contributed by atoms with Gasteiger partial charge in [-0.15, -0.1) is 0 Å². The maximum atomic E-state index is 4.59. The number of anilines is 1. The van der Waals surface area contributed by atoms with Crippen LogP contribution in [0.1, 0.15) is 18.4 Å². The van der Waals surface area contributed by atoms with Gasteiger partial charge in [0.15, 0.2) is 0 Å². The Morgan fingerprint density at radius 2 is 2.05 bits per heavy atom. The first-order valence-electron chi connectivity index (χ1n) is 7.37. The first-order chi connectivity index (χ1) is 10.8. The zero-order valence-electron chi connectivity index (χ0n) is 12.0. The molecule has 0 atom stereocenters. The van der Waals surface area contributed by atoms with Gasteiger partial charge in [0.2, 0.25) is 0 Å². The Balaban J connectivity index is 1.77. The number of pyridine rings is 3. The fraction of sp³-hybridized carbons (Fsp3) is 0.235. The predicted molar refractivity (Wildman–Crippen MR) is 90.7 cm³/mol. The maximum Gasteiger partial charge on any atom is 0.112 e. The van der Waals surface area contributed by atoms with E-state index in [1.54, 1.807) is 0 Å². The molecule has 0 amide bonds. The van der Waals surface area contributed by atoms with Gasteiger partial charge in [0.25, 0.3) is 0 Å². The lowest BCUT2D eigenvalue weighted by atomic mass is 10.2. The van der Waals surface area contributed by atoms with E-state index in [0.29, 0.717) is 6.04 Å². The number of fused-ring (bicyclic) bond motifs is 1. The molecule has 22 heavy (non-hydrogen) atoms. The van der Waals surface area contributed by atoms with Crippen LogP contribution >= 0.6 is 15.9 Å². The van der Waals surface area contributed by atoms with Crippen LogP contribution in [0.4, 0.5) is 5.69 Å². The number of hydrogen-bond donors (Lipinski definition) is 0. The van der Waals surface area contributed by atoms with Gasteiger partial charge in [-0.1, -0.05) is 6.07 Å². The summed E-state index contributed by atoms with van der Waals surface area (Å²) in [6, 6.07) is 8.78. The minimum absolute atomic E-state index is 0.594. The molecule has 0 saturated heterocycles. The third-order valence-electron chi connectivity index (χ3n) is 3.90. The smallest absolute Gasteiger partial charge is 0.112 e. The van der Waals surface area contributed by atoms with Gasteiger partial charge >= 0.3 is 0 Å². The summed E-state index contributed by atoms with van der Waals surface area (Å²) in [5.41, 5.74) is 4.26. The standard InChI is InChI=1S/C17H15BrN4/c18-13-8-15-17(21-10-13)16(5-7-20-15)22(14-3-4-14)11-12-2-1-6-19-9-12/h1-2,5-10,14H,3-4,11H2. The normalized spacial score (nSPS) is 14.2. The zero-order valence-corrected chi connectivity index (χ0v) is 13.6. The van der Waals surface area contributed by atoms with Crippen LogP contribution in [-0.2, 0) is 6.54 Å². The molecule has 5 heteroatoms. The van der Waals surface area contributed by atoms with Crippen LogP contribution in [0.5, 0.6) is 0 Å². The fourth-order valence-electron chi connectivity index (χ4n) is 2.71. The van der Waals surface area contributed by atoms with Crippen LogP contribution in [0.25, 0.3) is 11.0 Å². The van der Waals surface area contributed by atoms with Crippen LogP contribution in [0.3, 0.4) is 0 Å². The Labute approximate surface area is 137 Å². The topological polar surface area (TPSA) is 41.9 Å². The van der Waals surface area contributed by atoms with Gasteiger partial charge in [0, 0.05) is 41.8 Å². The van der Waals surface area contributed by atoms with Crippen molar-refractivity contribution in [2.45, 2.75) is 25.4 Å². The molecule has 110 valence electrons. The van der Waals surface area contributed by atoms with E-state index >= 15 is 0 Å². The summed E-state index contributed by atoms with van der Waals surface area (Å²) in [5.74, 6) is 0. The molecule has 1 fully saturated rings. The monoisotopic (exact) mass is 354 g/mol. The molecule has 0 radical (unpaired) electrons. The summed E-state index contributed by atoms with van der Waals surface area (Å²) in [7, 11) is 0. The second kappa shape index (κ2) is 5.65. The van der Waals surface area contributed by atoms with Gasteiger partial charge in [-0.3, -0.25) is 15.0 Å². The lowest BCUT2D eigenvalue weighted by Crippen LogP contribution is -2.25. The van der Waals surface area contributed by atoms with E-state index in [9.17, 15) is 0 Å². The Kier molecular flexibility index (Phi) is 3.50. The quantitative estimate of drug-likeness (QED) is 0.711. The highest BCUT2D eigenvalue weighted by Crippen LogP contribution is 2.36. The van der Waals surface area contributed by atoms with Crippen molar-refractivity contribution in [2.24, 2.45) is 0 Å². The van der Waals surface area contributed by atoms with Crippen LogP contribution in [0, 0.1) is 0 Å². The Morgan fingerprint density at radius 1 is 1.14 bits per heavy atom. The van der Waals surface area contributed by atoms with E-state index < -0.39 is 0 Å². The summed E-state index contributed by atoms with van der Waals surface area (Å²) >= 11 is 3.46. The third-order valence-corrected chi connectivity index (χ3v) is 4.33. The van der Waals surface area contributed by atoms with Crippen LogP contribution in [0.2, 0.25) is 0 Å². The molecule has 4 rings (SSSR count). The average molecular weight is 355 g/mol. The van der Waals surface area contributed by atoms with Gasteiger partial charge in [-0.25, -0.2) is 0 Å². The number of rotatable bonds is 4. The average Bonchev–Trinajstić information content (AvgIpc) is 3.38. The van der Waals surface area contributed by atoms with E-state index in [2.05, 4.69) is 47.9 Å². The second-order valence-electron chi connectivity index (χ2n) is 5.57. The van der Waals surface area contributed by atoms with Crippen molar-refractivity contribution in [1.29, 1.82) is 0 Å². The van der Waals surface area contributed by atoms with Crippen LogP contribution in [-0.4, -0.2) is 21.0 Å². The molecular weight excluding hydrogens is 340 g/mol. The highest BCUT2D eigenvalue weighted by atomic mass is 79.9. The molecule has 1 saturated carbocycles. The van der Waals surface area contributed by atoms with Gasteiger partial charge < -0.3 is 4.90 Å². The number of aromatic nitrogens is 3. The number of halogens is 1. The lowest BCUT2D eigenvalue weighted by Gasteiger charge is -2.25. The van der Waals surface area contributed by atoms with E-state index in [-0.39, 0.29) is 0 Å². The van der Waals surface area contributed by atoms with E-state index in [4.69, 9.17) is 0 Å². The fourth-order valence-corrected chi connectivity index (χ4v) is 3.03. The molecule has 1 aliphatic rings.